The van der Waals surface area contributed by atoms with Gasteiger partial charge in [0.05, 0.1) is 0 Å². The van der Waals surface area contributed by atoms with Crippen LogP contribution in [0.3, 0.4) is 0 Å². The number of hydrogen-bond acceptors (Lipinski definition) is 2. The first-order valence-electron chi connectivity index (χ1n) is 7.88. The molecular weight excluding hydrogens is 256 g/mol. The van der Waals surface area contributed by atoms with Crippen molar-refractivity contribution >= 4 is 5.69 Å². The first kappa shape index (κ1) is 15.6. The summed E-state index contributed by atoms with van der Waals surface area (Å²) in [4.78, 5) is 0. The van der Waals surface area contributed by atoms with Gasteiger partial charge in [0.1, 0.15) is 0 Å². The Bertz CT molecular complexity index is 503. The van der Waals surface area contributed by atoms with E-state index in [4.69, 9.17) is 0 Å². The Kier molecular flexibility index (Phi) is 6.29. The van der Waals surface area contributed by atoms with Gasteiger partial charge in [0.2, 0.25) is 0 Å². The van der Waals surface area contributed by atoms with Gasteiger partial charge >= 0.3 is 0 Å². The van der Waals surface area contributed by atoms with E-state index in [9.17, 15) is 0 Å². The maximum atomic E-state index is 3.48. The van der Waals surface area contributed by atoms with E-state index in [1.54, 1.807) is 0 Å². The van der Waals surface area contributed by atoms with Gasteiger partial charge in [0, 0.05) is 18.3 Å². The van der Waals surface area contributed by atoms with Gasteiger partial charge in [-0.1, -0.05) is 56.3 Å². The van der Waals surface area contributed by atoms with Crippen LogP contribution in [0.4, 0.5) is 5.69 Å². The van der Waals surface area contributed by atoms with E-state index in [0.717, 1.165) is 13.1 Å². The van der Waals surface area contributed by atoms with Crippen molar-refractivity contribution in [1.29, 1.82) is 0 Å². The Balaban J connectivity index is 1.73. The molecule has 0 fully saturated rings. The summed E-state index contributed by atoms with van der Waals surface area (Å²) in [5, 5.41) is 6.93. The van der Waals surface area contributed by atoms with Crippen molar-refractivity contribution in [2.24, 2.45) is 0 Å². The number of hydrogen-bond donors (Lipinski definition) is 2. The molecule has 2 rings (SSSR count). The van der Waals surface area contributed by atoms with Crippen molar-refractivity contribution in [3.63, 3.8) is 0 Å². The third kappa shape index (κ3) is 5.60. The second-order valence-electron chi connectivity index (χ2n) is 5.69. The van der Waals surface area contributed by atoms with Gasteiger partial charge in [-0.2, -0.15) is 0 Å². The van der Waals surface area contributed by atoms with Crippen LogP contribution in [-0.4, -0.2) is 19.1 Å². The molecule has 0 saturated heterocycles. The van der Waals surface area contributed by atoms with E-state index in [1.807, 2.05) is 6.07 Å². The standard InChI is InChI=1S/C19H26N2/c1-16(2)20-14-6-7-15-21-19-12-10-18(11-13-19)17-8-4-3-5-9-17/h3-5,8-13,16,20-21H,6-7,14-15H2,1-2H3. The molecule has 0 aliphatic heterocycles. The van der Waals surface area contributed by atoms with Crippen LogP contribution in [0.15, 0.2) is 54.6 Å². The molecule has 0 heterocycles. The van der Waals surface area contributed by atoms with E-state index in [1.165, 1.54) is 29.7 Å². The molecule has 0 aliphatic rings. The van der Waals surface area contributed by atoms with Crippen LogP contribution in [0.1, 0.15) is 26.7 Å². The monoisotopic (exact) mass is 282 g/mol. The predicted molar refractivity (Wildman–Crippen MR) is 92.7 cm³/mol. The fourth-order valence-corrected chi connectivity index (χ4v) is 2.28. The zero-order chi connectivity index (χ0) is 14.9. The molecule has 0 bridgehead atoms. The lowest BCUT2D eigenvalue weighted by atomic mass is 10.1. The molecule has 0 saturated carbocycles. The van der Waals surface area contributed by atoms with Gasteiger partial charge in [-0.05, 0) is 42.6 Å². The molecular formula is C19H26N2. The zero-order valence-corrected chi connectivity index (χ0v) is 13.1. The summed E-state index contributed by atoms with van der Waals surface area (Å²) in [6.07, 6.45) is 2.41. The van der Waals surface area contributed by atoms with Crippen molar-refractivity contribution in [3.05, 3.63) is 54.6 Å². The predicted octanol–water partition coefficient (Wildman–Crippen LogP) is 4.54. The first-order valence-corrected chi connectivity index (χ1v) is 7.88. The molecule has 0 atom stereocenters. The summed E-state index contributed by atoms with van der Waals surface area (Å²) in [6, 6.07) is 19.8. The minimum Gasteiger partial charge on any atom is -0.385 e. The fourth-order valence-electron chi connectivity index (χ4n) is 2.28. The Morgan fingerprint density at radius 1 is 0.762 bits per heavy atom. The summed E-state index contributed by atoms with van der Waals surface area (Å²) in [7, 11) is 0. The maximum Gasteiger partial charge on any atom is 0.0340 e. The summed E-state index contributed by atoms with van der Waals surface area (Å²) >= 11 is 0. The minimum atomic E-state index is 0.587. The smallest absolute Gasteiger partial charge is 0.0340 e. The number of rotatable bonds is 8. The molecule has 0 unspecified atom stereocenters. The van der Waals surface area contributed by atoms with Crippen LogP contribution in [0.2, 0.25) is 0 Å². The van der Waals surface area contributed by atoms with E-state index in [-0.39, 0.29) is 0 Å². The van der Waals surface area contributed by atoms with Gasteiger partial charge in [-0.25, -0.2) is 0 Å². The molecule has 0 aromatic heterocycles. The number of unbranched alkanes of at least 4 members (excludes halogenated alkanes) is 1. The molecule has 0 aliphatic carbocycles. The highest BCUT2D eigenvalue weighted by atomic mass is 14.9. The van der Waals surface area contributed by atoms with Crippen LogP contribution < -0.4 is 10.6 Å². The molecule has 21 heavy (non-hydrogen) atoms. The van der Waals surface area contributed by atoms with E-state index < -0.39 is 0 Å². The lowest BCUT2D eigenvalue weighted by molar-refractivity contribution is 0.562. The quantitative estimate of drug-likeness (QED) is 0.694. The molecule has 2 aromatic carbocycles. The lowest BCUT2D eigenvalue weighted by Crippen LogP contribution is -2.23. The topological polar surface area (TPSA) is 24.1 Å². The fraction of sp³-hybridized carbons (Fsp3) is 0.368. The van der Waals surface area contributed by atoms with E-state index in [2.05, 4.69) is 73.0 Å². The average Bonchev–Trinajstić information content (AvgIpc) is 2.52. The maximum absolute atomic E-state index is 3.48. The summed E-state index contributed by atoms with van der Waals surface area (Å²) in [5.74, 6) is 0. The average molecular weight is 282 g/mol. The molecule has 2 heteroatoms. The van der Waals surface area contributed by atoms with Crippen molar-refractivity contribution in [2.75, 3.05) is 18.4 Å². The third-order valence-electron chi connectivity index (χ3n) is 3.48. The SMILES string of the molecule is CC(C)NCCCCNc1ccc(-c2ccccc2)cc1. The van der Waals surface area contributed by atoms with Gasteiger partial charge in [-0.15, -0.1) is 0 Å². The van der Waals surface area contributed by atoms with Crippen LogP contribution in [0.5, 0.6) is 0 Å². The highest BCUT2D eigenvalue weighted by Crippen LogP contribution is 2.20. The normalized spacial score (nSPS) is 10.8. The Hall–Kier alpha value is -1.80. The Labute approximate surface area is 128 Å². The number of nitrogens with one attached hydrogen (secondary N) is 2. The van der Waals surface area contributed by atoms with Gasteiger partial charge in [-0.3, -0.25) is 0 Å². The number of anilines is 1. The second kappa shape index (κ2) is 8.48. The molecule has 112 valence electrons. The van der Waals surface area contributed by atoms with Gasteiger partial charge in [0.25, 0.3) is 0 Å². The number of benzene rings is 2. The highest BCUT2D eigenvalue weighted by Gasteiger charge is 1.97. The van der Waals surface area contributed by atoms with Crippen molar-refractivity contribution in [1.82, 2.24) is 5.32 Å². The molecule has 2 nitrogen and oxygen atoms in total. The van der Waals surface area contributed by atoms with Gasteiger partial charge in [0.15, 0.2) is 0 Å². The van der Waals surface area contributed by atoms with Crippen LogP contribution in [0.25, 0.3) is 11.1 Å². The molecule has 2 N–H and O–H groups in total. The second-order valence-corrected chi connectivity index (χ2v) is 5.69. The zero-order valence-electron chi connectivity index (χ0n) is 13.1. The Morgan fingerprint density at radius 3 is 2.05 bits per heavy atom. The van der Waals surface area contributed by atoms with Gasteiger partial charge < -0.3 is 10.6 Å². The van der Waals surface area contributed by atoms with E-state index in [0.29, 0.717) is 6.04 Å². The van der Waals surface area contributed by atoms with Crippen molar-refractivity contribution < 1.29 is 0 Å². The highest BCUT2D eigenvalue weighted by molar-refractivity contribution is 5.65. The molecule has 0 spiro atoms. The first-order chi connectivity index (χ1) is 10.3. The largest absolute Gasteiger partial charge is 0.385 e. The van der Waals surface area contributed by atoms with E-state index >= 15 is 0 Å². The van der Waals surface area contributed by atoms with Crippen LogP contribution in [0, 0.1) is 0 Å². The third-order valence-corrected chi connectivity index (χ3v) is 3.48. The molecule has 2 aromatic rings. The molecule has 0 amide bonds. The Morgan fingerprint density at radius 2 is 1.38 bits per heavy atom. The lowest BCUT2D eigenvalue weighted by Gasteiger charge is -2.09. The summed E-state index contributed by atoms with van der Waals surface area (Å²) in [6.45, 7) is 6.51. The van der Waals surface area contributed by atoms with Crippen molar-refractivity contribution in [3.8, 4) is 11.1 Å². The minimum absolute atomic E-state index is 0.587. The summed E-state index contributed by atoms with van der Waals surface area (Å²) < 4.78 is 0. The molecule has 0 radical (unpaired) electrons. The summed E-state index contributed by atoms with van der Waals surface area (Å²) in [5.41, 5.74) is 3.73. The van der Waals surface area contributed by atoms with Crippen LogP contribution >= 0.6 is 0 Å². The van der Waals surface area contributed by atoms with Crippen LogP contribution in [-0.2, 0) is 0 Å². The van der Waals surface area contributed by atoms with Crippen molar-refractivity contribution in [2.45, 2.75) is 32.7 Å².